The number of ether oxygens (including phenoxy) is 1. The number of rotatable bonds is 5. The molecule has 0 bridgehead atoms. The molecule has 4 heterocycles. The molecule has 0 aliphatic carbocycles. The third kappa shape index (κ3) is 3.48. The van der Waals surface area contributed by atoms with Gasteiger partial charge >= 0.3 is 0 Å². The zero-order valence-corrected chi connectivity index (χ0v) is 16.5. The Morgan fingerprint density at radius 1 is 1.30 bits per heavy atom. The van der Waals surface area contributed by atoms with E-state index in [9.17, 15) is 4.79 Å². The maximum Gasteiger partial charge on any atom is 0.249 e. The summed E-state index contributed by atoms with van der Waals surface area (Å²) in [6.07, 6.45) is 6.10. The van der Waals surface area contributed by atoms with Crippen molar-refractivity contribution in [1.82, 2.24) is 30.3 Å². The van der Waals surface area contributed by atoms with E-state index in [4.69, 9.17) is 15.6 Å². The van der Waals surface area contributed by atoms with Gasteiger partial charge in [0.15, 0.2) is 0 Å². The van der Waals surface area contributed by atoms with Crippen LogP contribution in [0.5, 0.6) is 0 Å². The second-order valence-electron chi connectivity index (χ2n) is 7.50. The number of H-pyrrole nitrogens is 1. The predicted octanol–water partition coefficient (Wildman–Crippen LogP) is 2.24. The molecular weight excluding hydrogens is 382 g/mol. The first-order chi connectivity index (χ1) is 14.7. The Balaban J connectivity index is 1.36. The smallest absolute Gasteiger partial charge is 0.249 e. The molecule has 3 aromatic heterocycles. The molecule has 1 atom stereocenters. The summed E-state index contributed by atoms with van der Waals surface area (Å²) in [6, 6.07) is 7.89. The number of hydrogen-bond donors (Lipinski definition) is 3. The minimum absolute atomic E-state index is 0.0515. The summed E-state index contributed by atoms with van der Waals surface area (Å²) in [6.45, 7) is 1.67. The van der Waals surface area contributed by atoms with Crippen molar-refractivity contribution < 1.29 is 9.53 Å². The summed E-state index contributed by atoms with van der Waals surface area (Å²) in [5.41, 5.74) is 9.69. The number of fused-ring (bicyclic) bond motifs is 3. The van der Waals surface area contributed by atoms with Crippen LogP contribution in [0.4, 0.5) is 5.82 Å². The fraction of sp³-hybridized carbons (Fsp3) is 0.333. The number of nitrogens with zero attached hydrogens (tertiary/aromatic N) is 4. The average molecular weight is 405 g/mol. The molecule has 1 amide bonds. The van der Waals surface area contributed by atoms with Gasteiger partial charge in [-0.2, -0.15) is 10.2 Å². The Hall–Kier alpha value is -3.46. The van der Waals surface area contributed by atoms with Crippen LogP contribution >= 0.6 is 0 Å². The van der Waals surface area contributed by atoms with Crippen molar-refractivity contribution >= 4 is 33.5 Å². The molecule has 154 valence electrons. The Bertz CT molecular complexity index is 1190. The molecule has 1 fully saturated rings. The zero-order chi connectivity index (χ0) is 20.5. The second-order valence-corrected chi connectivity index (χ2v) is 7.50. The van der Waals surface area contributed by atoms with Crippen LogP contribution in [0.15, 0.2) is 36.7 Å². The zero-order valence-electron chi connectivity index (χ0n) is 16.5. The van der Waals surface area contributed by atoms with Crippen LogP contribution in [0.25, 0.3) is 33.1 Å². The number of pyridine rings is 1. The van der Waals surface area contributed by atoms with Gasteiger partial charge in [0.25, 0.3) is 0 Å². The number of carbonyl (C=O) groups excluding carboxylic acids is 1. The molecule has 0 saturated carbocycles. The lowest BCUT2D eigenvalue weighted by molar-refractivity contribution is -0.135. The van der Waals surface area contributed by atoms with Gasteiger partial charge in [0.2, 0.25) is 5.91 Å². The van der Waals surface area contributed by atoms with Gasteiger partial charge < -0.3 is 15.8 Å². The topological polar surface area (TPSA) is 124 Å². The fourth-order valence-corrected chi connectivity index (χ4v) is 3.88. The van der Waals surface area contributed by atoms with Gasteiger partial charge in [0.05, 0.1) is 23.1 Å². The Labute approximate surface area is 172 Å². The van der Waals surface area contributed by atoms with E-state index in [0.717, 1.165) is 52.3 Å². The summed E-state index contributed by atoms with van der Waals surface area (Å²) in [5.74, 6) is 0.384. The van der Waals surface area contributed by atoms with E-state index in [1.807, 2.05) is 30.5 Å². The first-order valence-corrected chi connectivity index (χ1v) is 10.1. The van der Waals surface area contributed by atoms with E-state index in [2.05, 4.69) is 20.5 Å². The maximum absolute atomic E-state index is 12.2. The first-order valence-electron chi connectivity index (χ1n) is 10.1. The minimum Gasteiger partial charge on any atom is -0.383 e. The minimum atomic E-state index is -0.330. The quantitative estimate of drug-likeness (QED) is 0.468. The van der Waals surface area contributed by atoms with E-state index in [1.165, 1.54) is 0 Å². The number of benzene rings is 1. The number of nitrogens with one attached hydrogen (secondary N) is 2. The van der Waals surface area contributed by atoms with Gasteiger partial charge in [-0.05, 0) is 37.5 Å². The van der Waals surface area contributed by atoms with Crippen molar-refractivity contribution in [3.63, 3.8) is 0 Å². The van der Waals surface area contributed by atoms with Crippen molar-refractivity contribution in [2.45, 2.75) is 31.9 Å². The van der Waals surface area contributed by atoms with Crippen molar-refractivity contribution in [2.75, 3.05) is 18.9 Å². The number of amides is 1. The number of hydrogen-bond acceptors (Lipinski definition) is 6. The van der Waals surface area contributed by atoms with Gasteiger partial charge in [-0.15, -0.1) is 0 Å². The van der Waals surface area contributed by atoms with E-state index in [-0.39, 0.29) is 12.0 Å². The van der Waals surface area contributed by atoms with Gasteiger partial charge in [0.1, 0.15) is 17.4 Å². The summed E-state index contributed by atoms with van der Waals surface area (Å²) >= 11 is 0. The van der Waals surface area contributed by atoms with E-state index in [1.54, 1.807) is 10.9 Å². The second kappa shape index (κ2) is 7.75. The molecule has 4 aromatic rings. The number of aromatic amines is 1. The molecule has 5 rings (SSSR count). The molecule has 9 heteroatoms. The van der Waals surface area contributed by atoms with E-state index < -0.39 is 0 Å². The molecule has 1 unspecified atom stereocenters. The van der Waals surface area contributed by atoms with Crippen molar-refractivity contribution in [3.05, 3.63) is 36.7 Å². The largest absolute Gasteiger partial charge is 0.383 e. The summed E-state index contributed by atoms with van der Waals surface area (Å²) in [5, 5.41) is 16.3. The van der Waals surface area contributed by atoms with Gasteiger partial charge in [-0.3, -0.25) is 14.6 Å². The lowest BCUT2D eigenvalue weighted by atomic mass is 10.1. The van der Waals surface area contributed by atoms with Crippen molar-refractivity contribution in [2.24, 2.45) is 0 Å². The number of aromatic nitrogens is 5. The molecule has 1 aromatic carbocycles. The predicted molar refractivity (Wildman–Crippen MR) is 114 cm³/mol. The first kappa shape index (κ1) is 18.6. The number of nitrogens with two attached hydrogens (primary N) is 1. The molecule has 0 radical (unpaired) electrons. The van der Waals surface area contributed by atoms with Crippen LogP contribution in [0, 0.1) is 0 Å². The van der Waals surface area contributed by atoms with Crippen molar-refractivity contribution in [3.8, 4) is 11.3 Å². The molecule has 0 spiro atoms. The highest BCUT2D eigenvalue weighted by Gasteiger charge is 2.21. The average Bonchev–Trinajstić information content (AvgIpc) is 3.45. The molecule has 1 aliphatic rings. The highest BCUT2D eigenvalue weighted by Crippen LogP contribution is 2.29. The lowest BCUT2D eigenvalue weighted by Gasteiger charge is -2.21. The van der Waals surface area contributed by atoms with Crippen LogP contribution in [0.1, 0.15) is 19.3 Å². The third-order valence-electron chi connectivity index (χ3n) is 5.46. The fourth-order valence-electron chi connectivity index (χ4n) is 3.88. The van der Waals surface area contributed by atoms with Gasteiger partial charge in [-0.1, -0.05) is 6.07 Å². The lowest BCUT2D eigenvalue weighted by Crippen LogP contribution is -2.39. The Morgan fingerprint density at radius 2 is 2.23 bits per heavy atom. The monoisotopic (exact) mass is 405 g/mol. The summed E-state index contributed by atoms with van der Waals surface area (Å²) in [4.78, 5) is 16.8. The molecule has 4 N–H and O–H groups in total. The number of nitrogen functional groups attached to an aromatic ring is 1. The van der Waals surface area contributed by atoms with Crippen LogP contribution in [-0.2, 0) is 16.1 Å². The number of carbonyl (C=O) groups is 1. The molecule has 9 nitrogen and oxygen atoms in total. The van der Waals surface area contributed by atoms with E-state index in [0.29, 0.717) is 25.5 Å². The normalized spacial score (nSPS) is 16.9. The Kier molecular flexibility index (Phi) is 4.80. The molecule has 1 aliphatic heterocycles. The van der Waals surface area contributed by atoms with E-state index >= 15 is 0 Å². The van der Waals surface area contributed by atoms with Crippen LogP contribution < -0.4 is 11.1 Å². The van der Waals surface area contributed by atoms with Crippen LogP contribution in [0.2, 0.25) is 0 Å². The SMILES string of the molecule is Nc1nc2cc(-c3ccn[nH]3)ccc2c2nn(CCNC(=O)C3CCCCO3)cc12. The summed E-state index contributed by atoms with van der Waals surface area (Å²) < 4.78 is 7.32. The molecule has 1 saturated heterocycles. The highest BCUT2D eigenvalue weighted by molar-refractivity contribution is 6.08. The van der Waals surface area contributed by atoms with Crippen LogP contribution in [0.3, 0.4) is 0 Å². The van der Waals surface area contributed by atoms with Gasteiger partial charge in [-0.25, -0.2) is 4.98 Å². The maximum atomic E-state index is 12.2. The Morgan fingerprint density at radius 3 is 3.03 bits per heavy atom. The van der Waals surface area contributed by atoms with Gasteiger partial charge in [0, 0.05) is 36.5 Å². The number of anilines is 1. The van der Waals surface area contributed by atoms with Crippen LogP contribution in [-0.4, -0.2) is 50.1 Å². The highest BCUT2D eigenvalue weighted by atomic mass is 16.5. The third-order valence-corrected chi connectivity index (χ3v) is 5.46. The summed E-state index contributed by atoms with van der Waals surface area (Å²) in [7, 11) is 0. The standard InChI is InChI=1S/C21H23N7O2/c22-20-15-12-28(9-8-23-21(29)18-3-1-2-10-30-18)27-19(15)14-5-4-13(11-17(14)25-20)16-6-7-24-26-16/h4-7,11-12,18H,1-3,8-10H2,(H2,22,25)(H,23,29)(H,24,26). The van der Waals surface area contributed by atoms with Crippen molar-refractivity contribution in [1.29, 1.82) is 0 Å². The molecular formula is C21H23N7O2. The molecule has 30 heavy (non-hydrogen) atoms.